The van der Waals surface area contributed by atoms with Crippen molar-refractivity contribution in [2.24, 2.45) is 11.5 Å². The van der Waals surface area contributed by atoms with Gasteiger partial charge in [-0.3, -0.25) is 0 Å². The molecular formula is C5H14N2O. The summed E-state index contributed by atoms with van der Waals surface area (Å²) in [5.74, 6) is 0. The Morgan fingerprint density at radius 1 is 1.50 bits per heavy atom. The van der Waals surface area contributed by atoms with Crippen LogP contribution in [0.25, 0.3) is 0 Å². The van der Waals surface area contributed by atoms with Gasteiger partial charge in [-0.25, -0.2) is 0 Å². The van der Waals surface area contributed by atoms with Crippen molar-refractivity contribution < 1.29 is 4.74 Å². The van der Waals surface area contributed by atoms with Crippen LogP contribution in [0.15, 0.2) is 0 Å². The highest BCUT2D eigenvalue weighted by atomic mass is 16.5. The molecule has 8 heavy (non-hydrogen) atoms. The Morgan fingerprint density at radius 3 is 2.50 bits per heavy atom. The fourth-order valence-corrected chi connectivity index (χ4v) is 0.364. The Labute approximate surface area is 50.0 Å². The SMILES string of the molecule is CCOCCC(N)N. The molecule has 0 atom stereocenters. The Balaban J connectivity index is 2.72. The molecule has 0 rings (SSSR count). The molecule has 0 saturated carbocycles. The summed E-state index contributed by atoms with van der Waals surface area (Å²) < 4.78 is 4.98. The molecule has 0 aliphatic rings. The molecule has 0 bridgehead atoms. The van der Waals surface area contributed by atoms with Crippen LogP contribution >= 0.6 is 0 Å². The minimum atomic E-state index is -0.221. The summed E-state index contributed by atoms with van der Waals surface area (Å²) in [5, 5.41) is 0. The van der Waals surface area contributed by atoms with Crippen molar-refractivity contribution in [3.8, 4) is 0 Å². The lowest BCUT2D eigenvalue weighted by Gasteiger charge is -2.02. The van der Waals surface area contributed by atoms with Crippen LogP contribution in [-0.4, -0.2) is 19.4 Å². The molecule has 0 saturated heterocycles. The molecule has 0 spiro atoms. The molecule has 0 heterocycles. The maximum atomic E-state index is 5.23. The van der Waals surface area contributed by atoms with E-state index in [1.165, 1.54) is 0 Å². The lowest BCUT2D eigenvalue weighted by molar-refractivity contribution is 0.140. The van der Waals surface area contributed by atoms with E-state index < -0.39 is 0 Å². The monoisotopic (exact) mass is 118 g/mol. The molecule has 0 aromatic rings. The van der Waals surface area contributed by atoms with Crippen LogP contribution in [0.2, 0.25) is 0 Å². The quantitative estimate of drug-likeness (QED) is 0.392. The fraction of sp³-hybridized carbons (Fsp3) is 1.00. The summed E-state index contributed by atoms with van der Waals surface area (Å²) in [4.78, 5) is 0. The third-order valence-electron chi connectivity index (χ3n) is 0.800. The Morgan fingerprint density at radius 2 is 2.12 bits per heavy atom. The van der Waals surface area contributed by atoms with Gasteiger partial charge in [-0.15, -0.1) is 0 Å². The van der Waals surface area contributed by atoms with Crippen LogP contribution in [0.3, 0.4) is 0 Å². The predicted molar refractivity (Wildman–Crippen MR) is 33.3 cm³/mol. The van der Waals surface area contributed by atoms with Gasteiger partial charge in [-0.1, -0.05) is 0 Å². The highest BCUT2D eigenvalue weighted by molar-refractivity contribution is 4.47. The molecule has 0 fully saturated rings. The van der Waals surface area contributed by atoms with E-state index in [4.69, 9.17) is 16.2 Å². The van der Waals surface area contributed by atoms with Crippen molar-refractivity contribution in [2.45, 2.75) is 19.5 Å². The molecule has 4 N–H and O–H groups in total. The average molecular weight is 118 g/mol. The zero-order valence-electron chi connectivity index (χ0n) is 5.26. The first-order valence-electron chi connectivity index (χ1n) is 2.86. The molecule has 0 aromatic heterocycles. The third-order valence-corrected chi connectivity index (χ3v) is 0.800. The second-order valence-electron chi connectivity index (χ2n) is 1.65. The molecule has 50 valence electrons. The first kappa shape index (κ1) is 7.88. The summed E-state index contributed by atoms with van der Waals surface area (Å²) in [6, 6.07) is 0. The van der Waals surface area contributed by atoms with Crippen LogP contribution in [0.1, 0.15) is 13.3 Å². The minimum absolute atomic E-state index is 0.221. The van der Waals surface area contributed by atoms with Crippen molar-refractivity contribution in [3.05, 3.63) is 0 Å². The van der Waals surface area contributed by atoms with E-state index in [2.05, 4.69) is 0 Å². The second-order valence-corrected chi connectivity index (χ2v) is 1.65. The number of hydrogen-bond donors (Lipinski definition) is 2. The van der Waals surface area contributed by atoms with Gasteiger partial charge in [-0.2, -0.15) is 0 Å². The predicted octanol–water partition coefficient (Wildman–Crippen LogP) is -0.343. The molecule has 0 radical (unpaired) electrons. The van der Waals surface area contributed by atoms with E-state index in [1.807, 2.05) is 6.92 Å². The number of rotatable bonds is 4. The van der Waals surface area contributed by atoms with Crippen LogP contribution in [0.5, 0.6) is 0 Å². The van der Waals surface area contributed by atoms with Gasteiger partial charge in [0.2, 0.25) is 0 Å². The third kappa shape index (κ3) is 5.88. The highest BCUT2D eigenvalue weighted by Crippen LogP contribution is 1.80. The lowest BCUT2D eigenvalue weighted by Crippen LogP contribution is -2.31. The molecule has 3 nitrogen and oxygen atoms in total. The molecule has 0 aromatic carbocycles. The van der Waals surface area contributed by atoms with Crippen molar-refractivity contribution in [1.82, 2.24) is 0 Å². The van der Waals surface area contributed by atoms with Gasteiger partial charge in [0.25, 0.3) is 0 Å². The summed E-state index contributed by atoms with van der Waals surface area (Å²) >= 11 is 0. The first-order valence-corrected chi connectivity index (χ1v) is 2.86. The molecule has 0 unspecified atom stereocenters. The summed E-state index contributed by atoms with van der Waals surface area (Å²) in [6.45, 7) is 3.36. The molecule has 0 aliphatic heterocycles. The summed E-state index contributed by atoms with van der Waals surface area (Å²) in [5.41, 5.74) is 10.5. The van der Waals surface area contributed by atoms with Gasteiger partial charge in [0.1, 0.15) is 0 Å². The second kappa shape index (κ2) is 5.03. The Kier molecular flexibility index (Phi) is 4.95. The zero-order chi connectivity index (χ0) is 6.41. The van der Waals surface area contributed by atoms with E-state index in [0.29, 0.717) is 6.61 Å². The smallest absolute Gasteiger partial charge is 0.0543 e. The lowest BCUT2D eigenvalue weighted by atomic mass is 10.4. The van der Waals surface area contributed by atoms with Crippen molar-refractivity contribution in [3.63, 3.8) is 0 Å². The molecule has 0 aliphatic carbocycles. The van der Waals surface area contributed by atoms with Gasteiger partial charge in [-0.05, 0) is 13.3 Å². The van der Waals surface area contributed by atoms with E-state index >= 15 is 0 Å². The van der Waals surface area contributed by atoms with E-state index in [-0.39, 0.29) is 6.17 Å². The van der Waals surface area contributed by atoms with Crippen LogP contribution in [-0.2, 0) is 4.74 Å². The topological polar surface area (TPSA) is 61.3 Å². The van der Waals surface area contributed by atoms with Gasteiger partial charge >= 0.3 is 0 Å². The largest absolute Gasteiger partial charge is 0.382 e. The first-order chi connectivity index (χ1) is 3.77. The Hall–Kier alpha value is -0.120. The van der Waals surface area contributed by atoms with Crippen molar-refractivity contribution >= 4 is 0 Å². The van der Waals surface area contributed by atoms with Gasteiger partial charge in [0, 0.05) is 13.2 Å². The molecule has 0 amide bonds. The fourth-order valence-electron chi connectivity index (χ4n) is 0.364. The maximum Gasteiger partial charge on any atom is 0.0543 e. The normalized spacial score (nSPS) is 10.5. The maximum absolute atomic E-state index is 5.23. The minimum Gasteiger partial charge on any atom is -0.382 e. The van der Waals surface area contributed by atoms with Crippen molar-refractivity contribution in [2.75, 3.05) is 13.2 Å². The number of nitrogens with two attached hydrogens (primary N) is 2. The van der Waals surface area contributed by atoms with E-state index in [9.17, 15) is 0 Å². The molecule has 3 heteroatoms. The number of ether oxygens (including phenoxy) is 1. The van der Waals surface area contributed by atoms with E-state index in [0.717, 1.165) is 13.0 Å². The van der Waals surface area contributed by atoms with Crippen LogP contribution in [0.4, 0.5) is 0 Å². The van der Waals surface area contributed by atoms with Gasteiger partial charge < -0.3 is 16.2 Å². The average Bonchev–Trinajstić information content (AvgIpc) is 1.66. The van der Waals surface area contributed by atoms with Crippen LogP contribution in [0, 0.1) is 0 Å². The van der Waals surface area contributed by atoms with E-state index in [1.54, 1.807) is 0 Å². The standard InChI is InChI=1S/C5H14N2O/c1-2-8-4-3-5(6)7/h5H,2-4,6-7H2,1H3. The highest BCUT2D eigenvalue weighted by Gasteiger charge is 1.90. The zero-order valence-corrected chi connectivity index (χ0v) is 5.26. The van der Waals surface area contributed by atoms with Gasteiger partial charge in [0.05, 0.1) is 6.17 Å². The van der Waals surface area contributed by atoms with Crippen molar-refractivity contribution in [1.29, 1.82) is 0 Å². The summed E-state index contributed by atoms with van der Waals surface area (Å²) in [6.07, 6.45) is 0.523. The van der Waals surface area contributed by atoms with Crippen LogP contribution < -0.4 is 11.5 Å². The Bertz CT molecular complexity index is 47.7. The molecular weight excluding hydrogens is 104 g/mol. The number of hydrogen-bond acceptors (Lipinski definition) is 3. The summed E-state index contributed by atoms with van der Waals surface area (Å²) in [7, 11) is 0. The van der Waals surface area contributed by atoms with Gasteiger partial charge in [0.15, 0.2) is 0 Å².